The minimum absolute atomic E-state index is 0. The zero-order valence-corrected chi connectivity index (χ0v) is 29.5. The van der Waals surface area contributed by atoms with E-state index < -0.39 is 0 Å². The first-order chi connectivity index (χ1) is 18.4. The molecule has 0 unspecified atom stereocenters. The van der Waals surface area contributed by atoms with Gasteiger partial charge in [-0.3, -0.25) is 0 Å². The van der Waals surface area contributed by atoms with E-state index in [0.717, 1.165) is 46.8 Å². The van der Waals surface area contributed by atoms with E-state index in [0.29, 0.717) is 0 Å². The van der Waals surface area contributed by atoms with Crippen molar-refractivity contribution in [2.45, 2.75) is 52.4 Å². The van der Waals surface area contributed by atoms with Gasteiger partial charge in [0, 0.05) is 0 Å². The number of allylic oxidation sites excluding steroid dienone is 4. The maximum atomic E-state index is 6.14. The topological polar surface area (TPSA) is 18.5 Å². The van der Waals surface area contributed by atoms with Crippen LogP contribution < -0.4 is 57.4 Å². The van der Waals surface area contributed by atoms with E-state index in [1.807, 2.05) is 0 Å². The van der Waals surface area contributed by atoms with Gasteiger partial charge in [0.15, 0.2) is 0 Å². The monoisotopic (exact) mass is 772 g/mol. The van der Waals surface area contributed by atoms with Crippen molar-refractivity contribution < 1.29 is 66.4 Å². The fourth-order valence-electron chi connectivity index (χ4n) is 6.18. The van der Waals surface area contributed by atoms with Crippen LogP contribution in [-0.2, 0) is 0 Å². The molecule has 0 N–H and O–H groups in total. The number of nitrogens with zero attached hydrogens (tertiary/aromatic N) is 2. The predicted molar refractivity (Wildman–Crippen MR) is 160 cm³/mol. The number of rotatable bonds is 11. The summed E-state index contributed by atoms with van der Waals surface area (Å²) in [6, 6.07) is 17.2. The summed E-state index contributed by atoms with van der Waals surface area (Å²) in [5, 5.41) is 0. The molecule has 2 heterocycles. The lowest BCUT2D eigenvalue weighted by molar-refractivity contribution is -0.914. The van der Waals surface area contributed by atoms with E-state index in [1.54, 1.807) is 0 Å². The Labute approximate surface area is 278 Å². The van der Waals surface area contributed by atoms with Gasteiger partial charge in [-0.25, -0.2) is 0 Å². The van der Waals surface area contributed by atoms with Crippen molar-refractivity contribution in [2.75, 3.05) is 66.6 Å². The number of likely N-dealkylation sites (tertiary alicyclic amines) is 2. The minimum Gasteiger partial charge on any atom is -1.00 e. The Hall–Kier alpha value is -1.10. The maximum absolute atomic E-state index is 6.14. The molecule has 2 aliphatic rings. The average molecular weight is 773 g/mol. The Morgan fingerprint density at radius 2 is 0.900 bits per heavy atom. The summed E-state index contributed by atoms with van der Waals surface area (Å²) >= 11 is 0. The molecule has 0 amide bonds. The highest BCUT2D eigenvalue weighted by atomic mass is 127. The van der Waals surface area contributed by atoms with Crippen LogP contribution >= 0.6 is 0 Å². The van der Waals surface area contributed by atoms with Gasteiger partial charge in [0.05, 0.1) is 40.3 Å². The Morgan fingerprint density at radius 1 is 0.575 bits per heavy atom. The van der Waals surface area contributed by atoms with Gasteiger partial charge in [0.25, 0.3) is 0 Å². The molecule has 40 heavy (non-hydrogen) atoms. The van der Waals surface area contributed by atoms with Gasteiger partial charge in [-0.1, -0.05) is 36.4 Å². The highest BCUT2D eigenvalue weighted by Crippen LogP contribution is 2.33. The zero-order chi connectivity index (χ0) is 26.8. The number of likely N-dealkylation sites (N-methyl/N-ethyl adjacent to an activating group) is 2. The summed E-state index contributed by atoms with van der Waals surface area (Å²) in [4.78, 5) is 0. The van der Waals surface area contributed by atoms with Crippen molar-refractivity contribution in [3.63, 3.8) is 0 Å². The molecule has 0 atom stereocenters. The molecule has 0 radical (unpaired) electrons. The van der Waals surface area contributed by atoms with Crippen molar-refractivity contribution in [1.29, 1.82) is 0 Å². The largest absolute Gasteiger partial charge is 1.00 e. The summed E-state index contributed by atoms with van der Waals surface area (Å²) < 4.78 is 14.6. The minimum atomic E-state index is 0. The highest BCUT2D eigenvalue weighted by Gasteiger charge is 2.25. The third kappa shape index (κ3) is 10.0. The Balaban J connectivity index is 0.00000280. The number of piperidine rings is 2. The molecule has 2 aromatic carbocycles. The summed E-state index contributed by atoms with van der Waals surface area (Å²) in [5.74, 6) is 1.91. The van der Waals surface area contributed by atoms with Crippen LogP contribution in [0, 0.1) is 0 Å². The lowest BCUT2D eigenvalue weighted by atomic mass is 9.92. The van der Waals surface area contributed by atoms with Crippen LogP contribution in [0.2, 0.25) is 0 Å². The van der Waals surface area contributed by atoms with Crippen LogP contribution in [0.5, 0.6) is 11.5 Å². The molecular weight excluding hydrogens is 722 g/mol. The Kier molecular flexibility index (Phi) is 15.0. The number of quaternary nitrogens is 2. The van der Waals surface area contributed by atoms with Crippen LogP contribution in [0.15, 0.2) is 60.7 Å². The van der Waals surface area contributed by atoms with Gasteiger partial charge in [0.2, 0.25) is 0 Å². The first-order valence-corrected chi connectivity index (χ1v) is 14.9. The van der Waals surface area contributed by atoms with Crippen molar-refractivity contribution in [3.05, 3.63) is 71.8 Å². The molecule has 2 aromatic rings. The SMILES string of the molecule is C/C=C(/C(=C/C)c1ccc(OCC[N+]2(C)CCCCC2)cc1)c1ccc(OCC[N+]2(C)CCCCC2)cc1.[I-].[I-]. The van der Waals surface area contributed by atoms with Crippen LogP contribution in [-0.4, -0.2) is 75.5 Å². The first kappa shape index (κ1) is 35.1. The fourth-order valence-corrected chi connectivity index (χ4v) is 6.18. The summed E-state index contributed by atoms with van der Waals surface area (Å²) in [6.07, 6.45) is 12.6. The summed E-state index contributed by atoms with van der Waals surface area (Å²) in [5.41, 5.74) is 4.90. The van der Waals surface area contributed by atoms with E-state index in [4.69, 9.17) is 9.47 Å². The lowest BCUT2D eigenvalue weighted by Crippen LogP contribution is -3.00. The van der Waals surface area contributed by atoms with Crippen molar-refractivity contribution in [3.8, 4) is 11.5 Å². The van der Waals surface area contributed by atoms with Gasteiger partial charge in [-0.15, -0.1) is 0 Å². The second-order valence-corrected chi connectivity index (χ2v) is 11.9. The second-order valence-electron chi connectivity index (χ2n) is 11.9. The Bertz CT molecular complexity index is 981. The molecule has 0 aromatic heterocycles. The number of hydrogen-bond donors (Lipinski definition) is 0. The molecule has 2 aliphatic heterocycles. The van der Waals surface area contributed by atoms with Crippen LogP contribution in [0.1, 0.15) is 63.5 Å². The van der Waals surface area contributed by atoms with Gasteiger partial charge in [0.1, 0.15) is 37.8 Å². The standard InChI is InChI=1S/C34H50N2O2.2HI/c1-5-33(29-13-17-31(18-14-29)37-27-25-35(3)21-9-7-10-22-35)34(6-2)30-15-19-32(20-16-30)38-28-26-36(4)23-11-8-12-24-36;;/h5-6,13-20H,7-12,21-28H2,1-4H3;2*1H/q+2;;/p-2/b33-5+,34-6+;;. The van der Waals surface area contributed by atoms with Gasteiger partial charge in [-0.05, 0) is 98.9 Å². The highest BCUT2D eigenvalue weighted by molar-refractivity contribution is 6.04. The molecule has 4 rings (SSSR count). The lowest BCUT2D eigenvalue weighted by Gasteiger charge is -2.37. The number of halogens is 2. The second kappa shape index (κ2) is 17.1. The van der Waals surface area contributed by atoms with Gasteiger partial charge < -0.3 is 66.4 Å². The smallest absolute Gasteiger partial charge is 0.137 e. The first-order valence-electron chi connectivity index (χ1n) is 14.9. The zero-order valence-electron chi connectivity index (χ0n) is 25.1. The molecule has 2 saturated heterocycles. The molecule has 0 saturated carbocycles. The molecule has 0 bridgehead atoms. The molecule has 222 valence electrons. The van der Waals surface area contributed by atoms with E-state index in [-0.39, 0.29) is 48.0 Å². The normalized spacial score (nSPS) is 18.7. The quantitative estimate of drug-likeness (QED) is 0.195. The third-order valence-electron chi connectivity index (χ3n) is 8.79. The van der Waals surface area contributed by atoms with Crippen molar-refractivity contribution in [2.24, 2.45) is 0 Å². The van der Waals surface area contributed by atoms with E-state index >= 15 is 0 Å². The number of benzene rings is 2. The van der Waals surface area contributed by atoms with Crippen LogP contribution in [0.25, 0.3) is 11.1 Å². The van der Waals surface area contributed by atoms with E-state index in [9.17, 15) is 0 Å². The predicted octanol–water partition coefficient (Wildman–Crippen LogP) is 1.22. The molecule has 2 fully saturated rings. The molecule has 6 heteroatoms. The van der Waals surface area contributed by atoms with Crippen molar-refractivity contribution >= 4 is 11.1 Å². The number of hydrogen-bond acceptors (Lipinski definition) is 2. The molecular formula is C34H50I2N2O2. The van der Waals surface area contributed by atoms with Gasteiger partial charge in [-0.2, -0.15) is 0 Å². The molecule has 0 aliphatic carbocycles. The average Bonchev–Trinajstić information content (AvgIpc) is 2.93. The number of ether oxygens (including phenoxy) is 2. The summed E-state index contributed by atoms with van der Waals surface area (Å²) in [7, 11) is 4.75. The van der Waals surface area contributed by atoms with E-state index in [2.05, 4.69) is 88.6 Å². The van der Waals surface area contributed by atoms with Crippen LogP contribution in [0.4, 0.5) is 0 Å². The molecule has 4 nitrogen and oxygen atoms in total. The van der Waals surface area contributed by atoms with Crippen LogP contribution in [0.3, 0.4) is 0 Å². The third-order valence-corrected chi connectivity index (χ3v) is 8.79. The maximum Gasteiger partial charge on any atom is 0.137 e. The van der Waals surface area contributed by atoms with E-state index in [1.165, 1.54) is 87.0 Å². The molecule has 0 spiro atoms. The van der Waals surface area contributed by atoms with Crippen molar-refractivity contribution in [1.82, 2.24) is 0 Å². The van der Waals surface area contributed by atoms with Gasteiger partial charge >= 0.3 is 0 Å². The summed E-state index contributed by atoms with van der Waals surface area (Å²) in [6.45, 7) is 13.1. The fraction of sp³-hybridized carbons (Fsp3) is 0.529. The Morgan fingerprint density at radius 3 is 1.20 bits per heavy atom.